The van der Waals surface area contributed by atoms with Gasteiger partial charge in [-0.1, -0.05) is 406 Å². The van der Waals surface area contributed by atoms with Crippen molar-refractivity contribution in [3.8, 4) is 96.1 Å². The molecule has 12 nitrogen and oxygen atoms in total. The van der Waals surface area contributed by atoms with Crippen LogP contribution in [0.5, 0.6) is 0 Å². The quantitative estimate of drug-likeness (QED) is 0.122. The second-order valence-electron chi connectivity index (χ2n) is 36.8. The first-order valence-electron chi connectivity index (χ1n) is 48.0. The summed E-state index contributed by atoms with van der Waals surface area (Å²) >= 11 is 0. The Morgan fingerprint density at radius 3 is 0.881 bits per heavy atom. The summed E-state index contributed by atoms with van der Waals surface area (Å²) in [4.78, 5) is 31.6. The fraction of sp³-hybridized carbons (Fsp3) is 0. The minimum atomic E-state index is -3.09. The Kier molecular flexibility index (Phi) is 19.2. The lowest BCUT2D eigenvalue weighted by molar-refractivity contribution is 0.592. The van der Waals surface area contributed by atoms with Crippen molar-refractivity contribution in [2.75, 3.05) is 0 Å². The van der Waals surface area contributed by atoms with Gasteiger partial charge in [0, 0.05) is 113 Å². The van der Waals surface area contributed by atoms with E-state index in [-0.39, 0.29) is 0 Å². The third-order valence-electron chi connectivity index (χ3n) is 29.1. The van der Waals surface area contributed by atoms with Gasteiger partial charge < -0.3 is 13.7 Å². The average Bonchev–Trinajstić information content (AvgIpc) is 1.54. The number of nitrogens with zero attached hydrogens (tertiary/aromatic N) is 9. The summed E-state index contributed by atoms with van der Waals surface area (Å²) < 4.78 is 52.5. The van der Waals surface area contributed by atoms with Gasteiger partial charge in [-0.15, -0.1) is 0 Å². The van der Waals surface area contributed by atoms with Crippen LogP contribution < -0.4 is 47.7 Å². The highest BCUT2D eigenvalue weighted by molar-refractivity contribution is 7.87. The average molecular weight is 1890 g/mol. The Morgan fingerprint density at radius 2 is 0.455 bits per heavy atom. The third kappa shape index (κ3) is 13.0. The first-order valence-corrected chi connectivity index (χ1v) is 53.1. The zero-order valence-corrected chi connectivity index (χ0v) is 79.5. The first-order chi connectivity index (χ1) is 70.6. The van der Waals surface area contributed by atoms with E-state index in [0.717, 1.165) is 224 Å². The standard InChI is InChI=1S/C44H28N3OP.2C42H26N3OP/c48-49(32-15-5-2-6-16-32)41-22-12-9-18-34(41)37-27-40-36(28-42(37)49)33-17-8-11-21-39(33)47(40)44-45-38-20-10-7-19-35(38)43(46-44)31-25-23-30(24-26-31)29-13-3-1-4-14-29;46-47(28-15-2-1-3-16-28)39-24-11-8-19-31(39)35-25-38-34(26-40(35)47)30-18-7-10-23-37(30)45(38)42-43-36-22-9-6-20-33(36)41(44-42)32-21-12-14-27-13-4-5-17-29(27)32;46-47(30-14-2-1-3-15-30)39-21-11-8-17-32(39)35-25-38-34(26-40(35)47)31-16-7-10-20-37(31)45(38)42-43-36-19-9-6-18-33(36)41(44-42)29-23-22-27-12-4-5-13-28(27)24-29/h1-28H;2*1-26H. The molecule has 0 saturated carbocycles. The van der Waals surface area contributed by atoms with Crippen molar-refractivity contribution >= 4 is 189 Å². The van der Waals surface area contributed by atoms with Crippen LogP contribution in [0.1, 0.15) is 0 Å². The molecule has 0 amide bonds. The van der Waals surface area contributed by atoms with E-state index in [9.17, 15) is 0 Å². The second-order valence-corrected chi connectivity index (χ2v) is 44.9. The van der Waals surface area contributed by atoms with Crippen LogP contribution in [0, 0.1) is 0 Å². The number of aromatic nitrogens is 9. The molecule has 0 bridgehead atoms. The number of hydrogen-bond acceptors (Lipinski definition) is 9. The predicted molar refractivity (Wildman–Crippen MR) is 594 cm³/mol. The molecule has 0 spiro atoms. The molecule has 21 aromatic carbocycles. The van der Waals surface area contributed by atoms with Crippen LogP contribution in [0.4, 0.5) is 0 Å². The molecule has 3 aliphatic rings. The number of para-hydroxylation sites is 6. The van der Waals surface area contributed by atoms with E-state index >= 15 is 13.7 Å². The lowest BCUT2D eigenvalue weighted by Crippen LogP contribution is -2.20. The summed E-state index contributed by atoms with van der Waals surface area (Å²) in [5.41, 5.74) is 22.8. The van der Waals surface area contributed by atoms with Gasteiger partial charge in [0.1, 0.15) is 0 Å². The largest absolute Gasteiger partial charge is 0.309 e. The van der Waals surface area contributed by atoms with E-state index in [4.69, 9.17) is 29.9 Å². The molecule has 670 valence electrons. The summed E-state index contributed by atoms with van der Waals surface area (Å²) in [6, 6.07) is 166. The van der Waals surface area contributed by atoms with Crippen molar-refractivity contribution in [3.63, 3.8) is 0 Å². The maximum Gasteiger partial charge on any atom is 0.235 e. The Morgan fingerprint density at radius 1 is 0.161 bits per heavy atom. The zero-order chi connectivity index (χ0) is 94.8. The number of benzene rings is 21. The summed E-state index contributed by atoms with van der Waals surface area (Å²) in [5, 5.41) is 21.9. The molecular weight excluding hydrogens is 1800 g/mol. The van der Waals surface area contributed by atoms with Gasteiger partial charge >= 0.3 is 0 Å². The Bertz CT molecular complexity index is 10200. The van der Waals surface area contributed by atoms with E-state index in [1.165, 1.54) is 21.7 Å². The number of hydrogen-bond donors (Lipinski definition) is 0. The molecule has 6 aromatic heterocycles. The van der Waals surface area contributed by atoms with Crippen LogP contribution in [0.3, 0.4) is 0 Å². The van der Waals surface area contributed by atoms with Crippen molar-refractivity contribution in [1.29, 1.82) is 0 Å². The second kappa shape index (κ2) is 33.0. The molecule has 0 radical (unpaired) electrons. The Balaban J connectivity index is 0.000000105. The van der Waals surface area contributed by atoms with Crippen molar-refractivity contribution in [2.24, 2.45) is 0 Å². The third-order valence-corrected chi connectivity index (χ3v) is 38.5. The molecule has 3 aliphatic heterocycles. The van der Waals surface area contributed by atoms with Crippen molar-refractivity contribution in [2.45, 2.75) is 0 Å². The summed E-state index contributed by atoms with van der Waals surface area (Å²) in [5.74, 6) is 1.82. The first kappa shape index (κ1) is 83.4. The number of rotatable bonds is 10. The van der Waals surface area contributed by atoms with Crippen LogP contribution in [0.15, 0.2) is 485 Å². The lowest BCUT2D eigenvalue weighted by Gasteiger charge is -2.16. The highest BCUT2D eigenvalue weighted by Gasteiger charge is 2.45. The Labute approximate surface area is 821 Å². The topological polar surface area (TPSA) is 143 Å². The molecule has 0 saturated heterocycles. The smallest absolute Gasteiger partial charge is 0.235 e. The van der Waals surface area contributed by atoms with Gasteiger partial charge in [-0.25, -0.2) is 29.9 Å². The highest BCUT2D eigenvalue weighted by Crippen LogP contribution is 2.58. The van der Waals surface area contributed by atoms with Crippen molar-refractivity contribution in [1.82, 2.24) is 43.6 Å². The fourth-order valence-electron chi connectivity index (χ4n) is 22.5. The van der Waals surface area contributed by atoms with Crippen LogP contribution in [-0.4, -0.2) is 43.6 Å². The normalized spacial score (nSPS) is 15.3. The fourth-order valence-corrected chi connectivity index (χ4v) is 31.7. The molecule has 30 rings (SSSR count). The van der Waals surface area contributed by atoms with E-state index in [1.54, 1.807) is 0 Å². The van der Waals surface area contributed by atoms with Gasteiger partial charge in [-0.3, -0.25) is 13.7 Å². The van der Waals surface area contributed by atoms with Gasteiger partial charge in [-0.2, -0.15) is 0 Å². The molecule has 0 fully saturated rings. The molecule has 143 heavy (non-hydrogen) atoms. The van der Waals surface area contributed by atoms with Gasteiger partial charge in [-0.05, 0) is 145 Å². The van der Waals surface area contributed by atoms with E-state index in [1.807, 2.05) is 188 Å². The summed E-state index contributed by atoms with van der Waals surface area (Å²) in [6.07, 6.45) is 0. The van der Waals surface area contributed by atoms with Gasteiger partial charge in [0.15, 0.2) is 21.4 Å². The molecule has 0 aliphatic carbocycles. The maximum absolute atomic E-state index is 15.3. The van der Waals surface area contributed by atoms with E-state index < -0.39 is 21.4 Å². The van der Waals surface area contributed by atoms with Crippen LogP contribution >= 0.6 is 21.4 Å². The highest BCUT2D eigenvalue weighted by atomic mass is 31.2. The van der Waals surface area contributed by atoms with Crippen LogP contribution in [0.25, 0.3) is 216 Å². The molecule has 3 atom stereocenters. The molecule has 9 heterocycles. The monoisotopic (exact) mass is 1880 g/mol. The van der Waals surface area contributed by atoms with Crippen molar-refractivity contribution in [3.05, 3.63) is 485 Å². The molecule has 15 heteroatoms. The lowest BCUT2D eigenvalue weighted by atomic mass is 9.99. The minimum Gasteiger partial charge on any atom is -0.309 e. The minimum absolute atomic E-state index is 0.601. The van der Waals surface area contributed by atoms with E-state index in [0.29, 0.717) is 17.8 Å². The van der Waals surface area contributed by atoms with Gasteiger partial charge in [0.25, 0.3) is 0 Å². The SMILES string of the molecule is O=P1(c2ccccc2)c2ccccc2-c2cc3c(cc21)c1ccccc1n3-c1nc(-c2ccc(-c3ccccc3)cc2)c2ccccc2n1.O=P1(c2ccccc2)c2ccccc2-c2cc3c(cc21)c1ccccc1n3-c1nc(-c2ccc3ccccc3c2)c2ccccc2n1.O=P1(c2ccccc2)c2ccccc2-c2cc3c(cc21)c1ccccc1n3-c1nc(-c2cccc3ccccc23)c2ccccc2n1. The summed E-state index contributed by atoms with van der Waals surface area (Å²) in [6.45, 7) is 0. The van der Waals surface area contributed by atoms with Crippen molar-refractivity contribution < 1.29 is 13.7 Å². The van der Waals surface area contributed by atoms with E-state index in [2.05, 4.69) is 311 Å². The number of fused-ring (bicyclic) bond motifs is 23. The maximum atomic E-state index is 15.3. The van der Waals surface area contributed by atoms with Crippen LogP contribution in [-0.2, 0) is 13.7 Å². The molecule has 0 N–H and O–H groups in total. The summed E-state index contributed by atoms with van der Waals surface area (Å²) in [7, 11) is -9.28. The Hall–Kier alpha value is -17.8. The molecular formula is C128H80N9O3P3. The molecule has 3 unspecified atom stereocenters. The van der Waals surface area contributed by atoms with Crippen LogP contribution in [0.2, 0.25) is 0 Å². The van der Waals surface area contributed by atoms with Gasteiger partial charge in [0.05, 0.1) is 66.7 Å². The zero-order valence-electron chi connectivity index (χ0n) is 76.8. The molecule has 27 aromatic rings. The van der Waals surface area contributed by atoms with Gasteiger partial charge in [0.2, 0.25) is 17.8 Å². The predicted octanol–water partition coefficient (Wildman–Crippen LogP) is 28.0.